The van der Waals surface area contributed by atoms with E-state index in [-0.39, 0.29) is 11.8 Å². The standard InChI is InChI=1S/C15H24N2O2/c1-5-10-17-13(19)14(4,11-8-9-11)16-12(18)15(17,6-2)7-3/h5,11H,1,6-10H2,2-4H3,(H,16,18). The lowest BCUT2D eigenvalue weighted by Crippen LogP contribution is -2.75. The number of carbonyl (C=O) groups excluding carboxylic acids is 2. The largest absolute Gasteiger partial charge is 0.340 e. The number of carbonyl (C=O) groups is 2. The fourth-order valence-corrected chi connectivity index (χ4v) is 3.28. The molecule has 2 aliphatic rings. The summed E-state index contributed by atoms with van der Waals surface area (Å²) in [5.74, 6) is 0.342. The van der Waals surface area contributed by atoms with Gasteiger partial charge in [-0.3, -0.25) is 9.59 Å². The molecule has 2 rings (SSSR count). The predicted octanol–water partition coefficient (Wildman–Crippen LogP) is 1.86. The van der Waals surface area contributed by atoms with Gasteiger partial charge >= 0.3 is 0 Å². The number of rotatable bonds is 5. The molecule has 1 unspecified atom stereocenters. The number of hydrogen-bond acceptors (Lipinski definition) is 2. The van der Waals surface area contributed by atoms with E-state index in [0.29, 0.717) is 25.3 Å². The Hall–Kier alpha value is -1.32. The molecule has 2 amide bonds. The molecule has 0 spiro atoms. The Labute approximate surface area is 115 Å². The monoisotopic (exact) mass is 264 g/mol. The molecule has 1 atom stereocenters. The van der Waals surface area contributed by atoms with E-state index < -0.39 is 11.1 Å². The molecular weight excluding hydrogens is 240 g/mol. The van der Waals surface area contributed by atoms with E-state index in [0.717, 1.165) is 12.8 Å². The quantitative estimate of drug-likeness (QED) is 0.771. The van der Waals surface area contributed by atoms with Gasteiger partial charge in [-0.05, 0) is 38.5 Å². The summed E-state index contributed by atoms with van der Waals surface area (Å²) in [6, 6.07) is 0. The van der Waals surface area contributed by atoms with E-state index in [1.807, 2.05) is 20.8 Å². The molecule has 1 saturated heterocycles. The van der Waals surface area contributed by atoms with Gasteiger partial charge in [0.15, 0.2) is 0 Å². The molecule has 0 radical (unpaired) electrons. The van der Waals surface area contributed by atoms with Gasteiger partial charge in [0.25, 0.3) is 0 Å². The van der Waals surface area contributed by atoms with E-state index in [1.54, 1.807) is 11.0 Å². The van der Waals surface area contributed by atoms with E-state index in [1.165, 1.54) is 0 Å². The molecule has 0 bridgehead atoms. The highest BCUT2D eigenvalue weighted by Gasteiger charge is 2.59. The van der Waals surface area contributed by atoms with Gasteiger partial charge in [0.2, 0.25) is 11.8 Å². The lowest BCUT2D eigenvalue weighted by atomic mass is 9.80. The molecule has 0 aromatic heterocycles. The molecule has 1 N–H and O–H groups in total. The summed E-state index contributed by atoms with van der Waals surface area (Å²) < 4.78 is 0. The molecule has 1 saturated carbocycles. The van der Waals surface area contributed by atoms with Crippen LogP contribution in [0.3, 0.4) is 0 Å². The molecule has 1 aliphatic heterocycles. The Bertz CT molecular complexity index is 410. The van der Waals surface area contributed by atoms with Gasteiger partial charge < -0.3 is 10.2 Å². The molecule has 19 heavy (non-hydrogen) atoms. The molecule has 0 aromatic rings. The minimum atomic E-state index is -0.714. The highest BCUT2D eigenvalue weighted by Crippen LogP contribution is 2.44. The van der Waals surface area contributed by atoms with Crippen molar-refractivity contribution in [1.29, 1.82) is 0 Å². The van der Waals surface area contributed by atoms with Gasteiger partial charge in [0, 0.05) is 6.54 Å². The SMILES string of the molecule is C=CCN1C(=O)C(C)(C2CC2)NC(=O)C1(CC)CC. The zero-order chi connectivity index (χ0) is 14.3. The van der Waals surface area contributed by atoms with Crippen molar-refractivity contribution in [2.24, 2.45) is 5.92 Å². The maximum Gasteiger partial charge on any atom is 0.249 e. The molecule has 4 nitrogen and oxygen atoms in total. The minimum absolute atomic E-state index is 0.00616. The second kappa shape index (κ2) is 4.66. The first-order chi connectivity index (χ1) is 8.96. The summed E-state index contributed by atoms with van der Waals surface area (Å²) in [6.45, 7) is 9.97. The summed E-state index contributed by atoms with van der Waals surface area (Å²) in [7, 11) is 0. The Kier molecular flexibility index (Phi) is 3.45. The van der Waals surface area contributed by atoms with Gasteiger partial charge in [-0.25, -0.2) is 0 Å². The molecule has 106 valence electrons. The Balaban J connectivity index is 2.42. The molecule has 1 aliphatic carbocycles. The van der Waals surface area contributed by atoms with Crippen molar-refractivity contribution in [3.8, 4) is 0 Å². The number of nitrogens with one attached hydrogen (secondary N) is 1. The Morgan fingerprint density at radius 2 is 1.95 bits per heavy atom. The second-order valence-corrected chi connectivity index (χ2v) is 5.87. The fraction of sp³-hybridized carbons (Fsp3) is 0.733. The summed E-state index contributed by atoms with van der Waals surface area (Å²) in [4.78, 5) is 27.2. The highest BCUT2D eigenvalue weighted by molar-refractivity contribution is 6.02. The first-order valence-electron chi connectivity index (χ1n) is 7.21. The maximum absolute atomic E-state index is 12.9. The van der Waals surface area contributed by atoms with Gasteiger partial charge in [-0.2, -0.15) is 0 Å². The van der Waals surface area contributed by atoms with E-state index in [4.69, 9.17) is 0 Å². The van der Waals surface area contributed by atoms with Crippen molar-refractivity contribution >= 4 is 11.8 Å². The normalized spacial score (nSPS) is 30.2. The van der Waals surface area contributed by atoms with Crippen LogP contribution in [0.4, 0.5) is 0 Å². The van der Waals surface area contributed by atoms with Gasteiger partial charge in [-0.1, -0.05) is 19.9 Å². The lowest BCUT2D eigenvalue weighted by Gasteiger charge is -2.51. The first kappa shape index (κ1) is 14.1. The van der Waals surface area contributed by atoms with Crippen molar-refractivity contribution in [2.75, 3.05) is 6.54 Å². The highest BCUT2D eigenvalue weighted by atomic mass is 16.2. The number of hydrogen-bond donors (Lipinski definition) is 1. The Morgan fingerprint density at radius 3 is 2.37 bits per heavy atom. The lowest BCUT2D eigenvalue weighted by molar-refractivity contribution is -0.163. The van der Waals surface area contributed by atoms with Crippen LogP contribution in [0, 0.1) is 5.92 Å². The summed E-state index contributed by atoms with van der Waals surface area (Å²) in [5.41, 5.74) is -1.42. The number of nitrogens with zero attached hydrogens (tertiary/aromatic N) is 1. The van der Waals surface area contributed by atoms with Gasteiger partial charge in [-0.15, -0.1) is 6.58 Å². The summed E-state index contributed by atoms with van der Waals surface area (Å²) >= 11 is 0. The maximum atomic E-state index is 12.9. The third kappa shape index (κ3) is 1.88. The van der Waals surface area contributed by atoms with Crippen LogP contribution in [0.15, 0.2) is 12.7 Å². The van der Waals surface area contributed by atoms with E-state index in [2.05, 4.69) is 11.9 Å². The van der Waals surface area contributed by atoms with Crippen molar-refractivity contribution in [3.05, 3.63) is 12.7 Å². The average molecular weight is 264 g/mol. The Morgan fingerprint density at radius 1 is 1.37 bits per heavy atom. The molecule has 2 fully saturated rings. The van der Waals surface area contributed by atoms with Crippen molar-refractivity contribution < 1.29 is 9.59 Å². The van der Waals surface area contributed by atoms with Gasteiger partial charge in [0.1, 0.15) is 11.1 Å². The van der Waals surface area contributed by atoms with Gasteiger partial charge in [0.05, 0.1) is 0 Å². The predicted molar refractivity (Wildman–Crippen MR) is 74.5 cm³/mol. The van der Waals surface area contributed by atoms with Crippen molar-refractivity contribution in [3.63, 3.8) is 0 Å². The van der Waals surface area contributed by atoms with Crippen LogP contribution in [0.2, 0.25) is 0 Å². The molecular formula is C15H24N2O2. The number of piperazine rings is 1. The minimum Gasteiger partial charge on any atom is -0.340 e. The topological polar surface area (TPSA) is 49.4 Å². The molecule has 0 aromatic carbocycles. The van der Waals surface area contributed by atoms with Crippen LogP contribution >= 0.6 is 0 Å². The van der Waals surface area contributed by atoms with Crippen LogP contribution in [-0.2, 0) is 9.59 Å². The van der Waals surface area contributed by atoms with Crippen LogP contribution in [-0.4, -0.2) is 34.3 Å². The van der Waals surface area contributed by atoms with Crippen LogP contribution < -0.4 is 5.32 Å². The fourth-order valence-electron chi connectivity index (χ4n) is 3.28. The first-order valence-corrected chi connectivity index (χ1v) is 7.21. The van der Waals surface area contributed by atoms with Crippen LogP contribution in [0.1, 0.15) is 46.5 Å². The summed E-state index contributed by atoms with van der Waals surface area (Å²) in [6.07, 6.45) is 5.03. The third-order valence-electron chi connectivity index (χ3n) is 4.88. The van der Waals surface area contributed by atoms with Crippen LogP contribution in [0.25, 0.3) is 0 Å². The van der Waals surface area contributed by atoms with E-state index >= 15 is 0 Å². The zero-order valence-electron chi connectivity index (χ0n) is 12.2. The van der Waals surface area contributed by atoms with E-state index in [9.17, 15) is 9.59 Å². The second-order valence-electron chi connectivity index (χ2n) is 5.87. The number of amides is 2. The van der Waals surface area contributed by atoms with Crippen LogP contribution in [0.5, 0.6) is 0 Å². The zero-order valence-corrected chi connectivity index (χ0v) is 12.2. The van der Waals surface area contributed by atoms with Crippen molar-refractivity contribution in [1.82, 2.24) is 10.2 Å². The summed E-state index contributed by atoms with van der Waals surface area (Å²) in [5, 5.41) is 3.02. The average Bonchev–Trinajstić information content (AvgIpc) is 3.22. The molecule has 1 heterocycles. The third-order valence-corrected chi connectivity index (χ3v) is 4.88. The molecule has 4 heteroatoms. The smallest absolute Gasteiger partial charge is 0.249 e. The van der Waals surface area contributed by atoms with Crippen molar-refractivity contribution in [2.45, 2.75) is 57.5 Å².